The lowest BCUT2D eigenvalue weighted by molar-refractivity contribution is 0.310. The Morgan fingerprint density at radius 2 is 1.91 bits per heavy atom. The molecule has 0 radical (unpaired) electrons. The predicted molar refractivity (Wildman–Crippen MR) is 136 cm³/mol. The first kappa shape index (κ1) is 22.2. The fourth-order valence-corrected chi connectivity index (χ4v) is 4.21. The third-order valence-corrected chi connectivity index (χ3v) is 6.12. The number of piperazine rings is 1. The molecule has 0 spiro atoms. The second-order valence-corrected chi connectivity index (χ2v) is 8.79. The molecule has 4 aromatic rings. The number of aromatic nitrogens is 5. The van der Waals surface area contributed by atoms with Gasteiger partial charge in [0.05, 0.1) is 10.7 Å². The summed E-state index contributed by atoms with van der Waals surface area (Å²) in [6, 6.07) is 9.48. The van der Waals surface area contributed by atoms with Crippen molar-refractivity contribution >= 4 is 46.2 Å². The highest BCUT2D eigenvalue weighted by Crippen LogP contribution is 2.36. The summed E-state index contributed by atoms with van der Waals surface area (Å²) in [7, 11) is 2.12. The molecular formula is C24H27ClN8O. The van der Waals surface area contributed by atoms with Crippen molar-refractivity contribution in [3.63, 3.8) is 0 Å². The van der Waals surface area contributed by atoms with Crippen molar-refractivity contribution in [1.82, 2.24) is 30.0 Å². The van der Waals surface area contributed by atoms with E-state index in [1.165, 1.54) is 0 Å². The molecule has 3 N–H and O–H groups in total. The summed E-state index contributed by atoms with van der Waals surface area (Å²) >= 11 is 6.67. The van der Waals surface area contributed by atoms with E-state index < -0.39 is 0 Å². The Labute approximate surface area is 202 Å². The molecule has 1 saturated heterocycles. The van der Waals surface area contributed by atoms with Crippen LogP contribution in [0.2, 0.25) is 5.02 Å². The molecule has 34 heavy (non-hydrogen) atoms. The molecule has 3 aromatic heterocycles. The van der Waals surface area contributed by atoms with Gasteiger partial charge in [-0.05, 0) is 45.2 Å². The summed E-state index contributed by atoms with van der Waals surface area (Å²) in [6.07, 6.45) is 3.90. The van der Waals surface area contributed by atoms with E-state index >= 15 is 0 Å². The van der Waals surface area contributed by atoms with Gasteiger partial charge in [0.1, 0.15) is 11.6 Å². The van der Waals surface area contributed by atoms with Crippen molar-refractivity contribution < 1.29 is 4.74 Å². The van der Waals surface area contributed by atoms with Gasteiger partial charge in [-0.15, -0.1) is 0 Å². The van der Waals surface area contributed by atoms with Crippen molar-refractivity contribution in [3.05, 3.63) is 52.8 Å². The molecule has 0 aliphatic carbocycles. The summed E-state index contributed by atoms with van der Waals surface area (Å²) in [5, 5.41) is 12.0. The maximum Gasteiger partial charge on any atom is 0.230 e. The van der Waals surface area contributed by atoms with Crippen molar-refractivity contribution in [1.29, 1.82) is 0 Å². The number of allylic oxidation sites excluding steroid dienone is 1. The minimum absolute atomic E-state index is 0.407. The van der Waals surface area contributed by atoms with Gasteiger partial charge in [-0.3, -0.25) is 5.10 Å². The van der Waals surface area contributed by atoms with Gasteiger partial charge < -0.3 is 24.8 Å². The van der Waals surface area contributed by atoms with E-state index in [0.29, 0.717) is 34.2 Å². The number of nitrogens with one attached hydrogen (secondary N) is 3. The number of nitrogens with zero attached hydrogens (tertiary/aromatic N) is 5. The summed E-state index contributed by atoms with van der Waals surface area (Å²) in [4.78, 5) is 17.2. The van der Waals surface area contributed by atoms with Crippen LogP contribution in [0.15, 0.2) is 36.4 Å². The summed E-state index contributed by atoms with van der Waals surface area (Å²) in [6.45, 7) is 7.52. The molecule has 176 valence electrons. The number of fused-ring (bicyclic) bond motifs is 1. The normalized spacial score (nSPS) is 14.9. The quantitative estimate of drug-likeness (QED) is 0.360. The molecule has 0 saturated carbocycles. The molecule has 10 heteroatoms. The average molecular weight is 479 g/mol. The van der Waals surface area contributed by atoms with Crippen molar-refractivity contribution in [3.8, 4) is 11.6 Å². The van der Waals surface area contributed by atoms with E-state index in [4.69, 9.17) is 26.3 Å². The Kier molecular flexibility index (Phi) is 6.12. The number of anilines is 3. The van der Waals surface area contributed by atoms with Crippen LogP contribution >= 0.6 is 11.6 Å². The zero-order valence-electron chi connectivity index (χ0n) is 19.4. The van der Waals surface area contributed by atoms with Crippen molar-refractivity contribution in [2.24, 2.45) is 0 Å². The minimum atomic E-state index is 0.407. The van der Waals surface area contributed by atoms with E-state index in [-0.39, 0.29) is 0 Å². The fourth-order valence-electron chi connectivity index (χ4n) is 3.95. The smallest absolute Gasteiger partial charge is 0.230 e. The van der Waals surface area contributed by atoms with Crippen LogP contribution in [0.4, 0.5) is 17.6 Å². The van der Waals surface area contributed by atoms with Crippen LogP contribution in [0.25, 0.3) is 17.0 Å². The maximum absolute atomic E-state index is 6.67. The number of H-pyrrole nitrogens is 2. The number of ether oxygens (including phenoxy) is 1. The SMILES string of the molecule is C/C=C/c1cc(Nc2cc(Oc3ccc4[nH]c(C)cc4c3Cl)nc(N3CCN(C)CC3)n2)n[nH]1. The molecule has 1 aromatic carbocycles. The Morgan fingerprint density at radius 1 is 1.09 bits per heavy atom. The first-order chi connectivity index (χ1) is 16.5. The highest BCUT2D eigenvalue weighted by Gasteiger charge is 2.19. The lowest BCUT2D eigenvalue weighted by atomic mass is 10.2. The van der Waals surface area contributed by atoms with Crippen LogP contribution in [0.1, 0.15) is 18.3 Å². The molecular weight excluding hydrogens is 452 g/mol. The van der Waals surface area contributed by atoms with Crippen LogP contribution in [0, 0.1) is 6.92 Å². The summed E-state index contributed by atoms with van der Waals surface area (Å²) in [5.74, 6) is 2.80. The fraction of sp³-hybridized carbons (Fsp3) is 0.292. The lowest BCUT2D eigenvalue weighted by Gasteiger charge is -2.32. The van der Waals surface area contributed by atoms with Gasteiger partial charge in [-0.2, -0.15) is 15.1 Å². The maximum atomic E-state index is 6.67. The van der Waals surface area contributed by atoms with Crippen molar-refractivity contribution in [2.75, 3.05) is 43.4 Å². The minimum Gasteiger partial charge on any atom is -0.437 e. The topological polar surface area (TPSA) is 98.0 Å². The Hall–Kier alpha value is -3.56. The number of aryl methyl sites for hydroxylation is 1. The summed E-state index contributed by atoms with van der Waals surface area (Å²) in [5.41, 5.74) is 2.90. The van der Waals surface area contributed by atoms with E-state index in [2.05, 4.69) is 37.3 Å². The molecule has 0 unspecified atom stereocenters. The average Bonchev–Trinajstić information content (AvgIpc) is 3.42. The van der Waals surface area contributed by atoms with Crippen LogP contribution < -0.4 is 15.0 Å². The second-order valence-electron chi connectivity index (χ2n) is 8.41. The third-order valence-electron chi connectivity index (χ3n) is 5.73. The Bertz CT molecular complexity index is 1340. The van der Waals surface area contributed by atoms with Gasteiger partial charge in [0.25, 0.3) is 0 Å². The van der Waals surface area contributed by atoms with E-state index in [1.807, 2.05) is 50.3 Å². The third kappa shape index (κ3) is 4.71. The highest BCUT2D eigenvalue weighted by molar-refractivity contribution is 6.37. The van der Waals surface area contributed by atoms with Crippen LogP contribution in [-0.2, 0) is 0 Å². The zero-order valence-corrected chi connectivity index (χ0v) is 20.1. The van der Waals surface area contributed by atoms with Crippen LogP contribution in [-0.4, -0.2) is 63.3 Å². The van der Waals surface area contributed by atoms with Crippen LogP contribution in [0.5, 0.6) is 11.6 Å². The predicted octanol–water partition coefficient (Wildman–Crippen LogP) is 4.96. The number of likely N-dealkylation sites (N-methyl/N-ethyl adjacent to an activating group) is 1. The number of hydrogen-bond donors (Lipinski definition) is 3. The Balaban J connectivity index is 1.48. The van der Waals surface area contributed by atoms with Crippen molar-refractivity contribution in [2.45, 2.75) is 13.8 Å². The molecule has 9 nitrogen and oxygen atoms in total. The molecule has 5 rings (SSSR count). The van der Waals surface area contributed by atoms with Gasteiger partial charge in [0.2, 0.25) is 11.8 Å². The molecule has 0 bridgehead atoms. The highest BCUT2D eigenvalue weighted by atomic mass is 35.5. The van der Waals surface area contributed by atoms with E-state index in [9.17, 15) is 0 Å². The molecule has 0 amide bonds. The zero-order chi connectivity index (χ0) is 23.7. The van der Waals surface area contributed by atoms with Gasteiger partial charge in [0.15, 0.2) is 5.82 Å². The summed E-state index contributed by atoms with van der Waals surface area (Å²) < 4.78 is 6.19. The first-order valence-corrected chi connectivity index (χ1v) is 11.6. The standard InChI is InChI=1S/C24H27ClN8O/c1-4-5-16-13-21(31-30-16)27-20-14-22(29-24(28-20)33-10-8-32(3)9-11-33)34-19-7-6-18-17(23(19)25)12-15(2)26-18/h4-7,12-14,26H,8-11H2,1-3H3,(H2,27,28,29,30,31)/b5-4+. The van der Waals surface area contributed by atoms with Gasteiger partial charge >= 0.3 is 0 Å². The monoisotopic (exact) mass is 478 g/mol. The van der Waals surface area contributed by atoms with E-state index in [0.717, 1.165) is 48.5 Å². The van der Waals surface area contributed by atoms with E-state index in [1.54, 1.807) is 6.07 Å². The van der Waals surface area contributed by atoms with Gasteiger partial charge in [-0.1, -0.05) is 17.7 Å². The number of hydrogen-bond acceptors (Lipinski definition) is 7. The number of aromatic amines is 2. The van der Waals surface area contributed by atoms with Gasteiger partial charge in [0, 0.05) is 54.9 Å². The largest absolute Gasteiger partial charge is 0.437 e. The Morgan fingerprint density at radius 3 is 2.71 bits per heavy atom. The number of rotatable bonds is 6. The number of benzene rings is 1. The molecule has 1 aliphatic rings. The lowest BCUT2D eigenvalue weighted by Crippen LogP contribution is -2.45. The first-order valence-electron chi connectivity index (χ1n) is 11.2. The second kappa shape index (κ2) is 9.36. The molecule has 1 fully saturated rings. The molecule has 1 aliphatic heterocycles. The molecule has 4 heterocycles. The van der Waals surface area contributed by atoms with Gasteiger partial charge in [-0.25, -0.2) is 0 Å². The van der Waals surface area contributed by atoms with Crippen LogP contribution in [0.3, 0.4) is 0 Å². The molecule has 0 atom stereocenters. The number of halogens is 1.